The topological polar surface area (TPSA) is 98.7 Å². The maximum Gasteiger partial charge on any atom is 0.0448 e. The molecule has 0 aromatic heterocycles. The summed E-state index contributed by atoms with van der Waals surface area (Å²) in [5.41, 5.74) is 5.84. The van der Waals surface area contributed by atoms with E-state index in [4.69, 9.17) is 5.73 Å². The molecular weight excluding hydrogens is 400 g/mol. The van der Waals surface area contributed by atoms with Gasteiger partial charge in [0, 0.05) is 25.4 Å². The lowest BCUT2D eigenvalue weighted by Crippen LogP contribution is -2.52. The van der Waals surface area contributed by atoms with E-state index < -0.39 is 5.54 Å². The van der Waals surface area contributed by atoms with Crippen molar-refractivity contribution in [2.45, 2.75) is 134 Å². The van der Waals surface area contributed by atoms with E-state index in [1.807, 2.05) is 0 Å². The average Bonchev–Trinajstić information content (AvgIpc) is 2.77. The summed E-state index contributed by atoms with van der Waals surface area (Å²) in [6.07, 6.45) is 23.6. The van der Waals surface area contributed by atoms with Gasteiger partial charge >= 0.3 is 0 Å². The first-order valence-electron chi connectivity index (χ1n) is 14.0. The fourth-order valence-corrected chi connectivity index (χ4v) is 4.77. The van der Waals surface area contributed by atoms with Crippen molar-refractivity contribution in [1.82, 2.24) is 5.32 Å². The number of aliphatic hydroxyl groups excluding tert-OH is 3. The number of hydrogen-bond donors (Lipinski definition) is 5. The van der Waals surface area contributed by atoms with Crippen LogP contribution in [0.15, 0.2) is 0 Å². The van der Waals surface area contributed by atoms with Crippen molar-refractivity contribution in [3.05, 3.63) is 0 Å². The largest absolute Gasteiger partial charge is 0.396 e. The molecule has 6 N–H and O–H groups in total. The predicted octanol–water partition coefficient (Wildman–Crippen LogP) is 5.30. The Morgan fingerprint density at radius 3 is 1.41 bits per heavy atom. The van der Waals surface area contributed by atoms with Crippen molar-refractivity contribution in [3.63, 3.8) is 0 Å². The van der Waals surface area contributed by atoms with Gasteiger partial charge in [-0.15, -0.1) is 0 Å². The summed E-state index contributed by atoms with van der Waals surface area (Å²) in [6.45, 7) is 4.09. The van der Waals surface area contributed by atoms with Crippen molar-refractivity contribution in [2.75, 3.05) is 32.9 Å². The predicted molar refractivity (Wildman–Crippen MR) is 138 cm³/mol. The number of hydrogen-bond acceptors (Lipinski definition) is 5. The van der Waals surface area contributed by atoms with Crippen LogP contribution in [-0.4, -0.2) is 53.8 Å². The van der Waals surface area contributed by atoms with E-state index in [1.165, 1.54) is 103 Å². The van der Waals surface area contributed by atoms with E-state index >= 15 is 0 Å². The Kier molecular flexibility index (Phi) is 23.8. The Morgan fingerprint density at radius 1 is 0.625 bits per heavy atom. The van der Waals surface area contributed by atoms with Crippen LogP contribution in [0.25, 0.3) is 0 Å². The molecule has 1 unspecified atom stereocenters. The van der Waals surface area contributed by atoms with Crippen molar-refractivity contribution in [1.29, 1.82) is 0 Å². The molecule has 0 amide bonds. The first-order chi connectivity index (χ1) is 15.6. The minimum Gasteiger partial charge on any atom is -0.396 e. The van der Waals surface area contributed by atoms with Crippen LogP contribution in [-0.2, 0) is 0 Å². The van der Waals surface area contributed by atoms with Gasteiger partial charge in [-0.2, -0.15) is 0 Å². The van der Waals surface area contributed by atoms with Crippen molar-refractivity contribution in [3.8, 4) is 0 Å². The molecule has 0 aromatic carbocycles. The van der Waals surface area contributed by atoms with E-state index in [2.05, 4.69) is 12.2 Å². The molecule has 0 fully saturated rings. The molecule has 0 saturated heterocycles. The molecule has 0 heterocycles. The maximum absolute atomic E-state index is 9.38. The zero-order valence-electron chi connectivity index (χ0n) is 21.5. The lowest BCUT2D eigenvalue weighted by atomic mass is 9.77. The summed E-state index contributed by atoms with van der Waals surface area (Å²) in [7, 11) is 0. The summed E-state index contributed by atoms with van der Waals surface area (Å²) in [5.74, 6) is 0.0628. The Labute approximate surface area is 200 Å². The van der Waals surface area contributed by atoms with Crippen LogP contribution in [0.3, 0.4) is 0 Å². The zero-order chi connectivity index (χ0) is 23.8. The maximum atomic E-state index is 9.38. The van der Waals surface area contributed by atoms with E-state index in [9.17, 15) is 15.3 Å². The summed E-state index contributed by atoms with van der Waals surface area (Å²) in [4.78, 5) is 0. The molecule has 1 atom stereocenters. The summed E-state index contributed by atoms with van der Waals surface area (Å²) >= 11 is 0. The first kappa shape index (κ1) is 31.8. The monoisotopic (exact) mass is 458 g/mol. The van der Waals surface area contributed by atoms with Gasteiger partial charge in [-0.25, -0.2) is 0 Å². The van der Waals surface area contributed by atoms with Crippen LogP contribution >= 0.6 is 0 Å². The number of nitrogens with two attached hydrogens (primary N) is 1. The molecule has 5 heteroatoms. The van der Waals surface area contributed by atoms with Crippen LogP contribution in [0.1, 0.15) is 129 Å². The molecule has 0 saturated carbocycles. The fourth-order valence-electron chi connectivity index (χ4n) is 4.77. The van der Waals surface area contributed by atoms with Gasteiger partial charge in [-0.1, -0.05) is 103 Å². The molecule has 0 aliphatic heterocycles. The Morgan fingerprint density at radius 2 is 1.03 bits per heavy atom. The van der Waals surface area contributed by atoms with Crippen molar-refractivity contribution >= 4 is 0 Å². The molecule has 0 spiro atoms. The standard InChI is InChI=1S/C27H58N2O3/c1-2-3-4-5-6-7-8-9-10-11-12-13-14-15-16-17-21-29-25-26(18-22-30)27(28,19-23-31)20-24-32/h26,29-32H,2-25,28H2,1H3. The van der Waals surface area contributed by atoms with Gasteiger partial charge in [0.15, 0.2) is 0 Å². The molecule has 0 rings (SSSR count). The highest BCUT2D eigenvalue weighted by atomic mass is 16.3. The number of aliphatic hydroxyl groups is 3. The summed E-state index contributed by atoms with van der Waals surface area (Å²) in [5, 5.41) is 31.5. The molecule has 32 heavy (non-hydrogen) atoms. The van der Waals surface area contributed by atoms with E-state index in [-0.39, 0.29) is 25.7 Å². The molecule has 194 valence electrons. The second-order valence-corrected chi connectivity index (χ2v) is 9.90. The smallest absolute Gasteiger partial charge is 0.0448 e. The Bertz CT molecular complexity index is 363. The molecule has 0 bridgehead atoms. The van der Waals surface area contributed by atoms with Gasteiger partial charge in [0.2, 0.25) is 0 Å². The summed E-state index contributed by atoms with van der Waals surface area (Å²) in [6, 6.07) is 0. The van der Waals surface area contributed by atoms with Gasteiger partial charge in [-0.05, 0) is 44.7 Å². The van der Waals surface area contributed by atoms with E-state index in [0.717, 1.165) is 13.1 Å². The van der Waals surface area contributed by atoms with Crippen LogP contribution < -0.4 is 11.1 Å². The van der Waals surface area contributed by atoms with Gasteiger partial charge in [-0.3, -0.25) is 0 Å². The van der Waals surface area contributed by atoms with Crippen LogP contribution in [0.5, 0.6) is 0 Å². The van der Waals surface area contributed by atoms with Crippen molar-refractivity contribution < 1.29 is 15.3 Å². The second-order valence-electron chi connectivity index (χ2n) is 9.90. The van der Waals surface area contributed by atoms with Gasteiger partial charge in [0.05, 0.1) is 0 Å². The third kappa shape index (κ3) is 18.3. The SMILES string of the molecule is CCCCCCCCCCCCCCCCCCNCC(CCO)C(N)(CCO)CCO. The minimum absolute atomic E-state index is 0.0115. The average molecular weight is 459 g/mol. The molecule has 0 aliphatic carbocycles. The van der Waals surface area contributed by atoms with Crippen molar-refractivity contribution in [2.24, 2.45) is 11.7 Å². The lowest BCUT2D eigenvalue weighted by molar-refractivity contribution is 0.122. The highest BCUT2D eigenvalue weighted by Crippen LogP contribution is 2.25. The minimum atomic E-state index is -0.617. The van der Waals surface area contributed by atoms with Crippen LogP contribution in [0.4, 0.5) is 0 Å². The van der Waals surface area contributed by atoms with E-state index in [0.29, 0.717) is 19.3 Å². The highest BCUT2D eigenvalue weighted by Gasteiger charge is 2.33. The normalized spacial score (nSPS) is 13.0. The number of unbranched alkanes of at least 4 members (excludes halogenated alkanes) is 15. The third-order valence-electron chi connectivity index (χ3n) is 7.04. The Balaban J connectivity index is 3.55. The lowest BCUT2D eigenvalue weighted by Gasteiger charge is -2.37. The van der Waals surface area contributed by atoms with Gasteiger partial charge < -0.3 is 26.4 Å². The molecule has 0 aliphatic rings. The molecule has 5 nitrogen and oxygen atoms in total. The summed E-state index contributed by atoms with van der Waals surface area (Å²) < 4.78 is 0. The molecular formula is C27H58N2O3. The zero-order valence-corrected chi connectivity index (χ0v) is 21.5. The number of nitrogens with one attached hydrogen (secondary N) is 1. The Hall–Kier alpha value is -0.200. The fraction of sp³-hybridized carbons (Fsp3) is 1.00. The third-order valence-corrected chi connectivity index (χ3v) is 7.04. The van der Waals surface area contributed by atoms with Gasteiger partial charge in [0.25, 0.3) is 0 Å². The number of rotatable bonds is 26. The first-order valence-corrected chi connectivity index (χ1v) is 14.0. The quantitative estimate of drug-likeness (QED) is 0.113. The van der Waals surface area contributed by atoms with Crippen LogP contribution in [0.2, 0.25) is 0 Å². The van der Waals surface area contributed by atoms with Crippen LogP contribution in [0, 0.1) is 5.92 Å². The highest BCUT2D eigenvalue weighted by molar-refractivity contribution is 4.92. The molecule has 0 aromatic rings. The van der Waals surface area contributed by atoms with E-state index in [1.54, 1.807) is 0 Å². The molecule has 0 radical (unpaired) electrons. The second kappa shape index (κ2) is 23.9. The van der Waals surface area contributed by atoms with Gasteiger partial charge in [0.1, 0.15) is 0 Å².